The van der Waals surface area contributed by atoms with Gasteiger partial charge in [0.05, 0.1) is 0 Å². The lowest BCUT2D eigenvalue weighted by Crippen LogP contribution is -2.29. The predicted molar refractivity (Wildman–Crippen MR) is 82.1 cm³/mol. The zero-order valence-corrected chi connectivity index (χ0v) is 12.9. The molecule has 0 spiro atoms. The number of nitrogens with one attached hydrogen (secondary N) is 1. The second kappa shape index (κ2) is 6.93. The van der Waals surface area contributed by atoms with E-state index >= 15 is 0 Å². The Hall–Kier alpha value is -2.56. The Balaban J connectivity index is 1.93. The van der Waals surface area contributed by atoms with Crippen LogP contribution in [0.2, 0.25) is 0 Å². The van der Waals surface area contributed by atoms with Gasteiger partial charge < -0.3 is 14.5 Å². The summed E-state index contributed by atoms with van der Waals surface area (Å²) in [4.78, 5) is 23.0. The lowest BCUT2D eigenvalue weighted by Gasteiger charge is -2.06. The van der Waals surface area contributed by atoms with Crippen molar-refractivity contribution in [3.8, 4) is 5.75 Å². The molecule has 22 heavy (non-hydrogen) atoms. The van der Waals surface area contributed by atoms with E-state index in [4.69, 9.17) is 9.15 Å². The van der Waals surface area contributed by atoms with Crippen LogP contribution in [0.3, 0.4) is 0 Å². The summed E-state index contributed by atoms with van der Waals surface area (Å²) in [7, 11) is 0. The Labute approximate surface area is 129 Å². The number of hydrogen-bond donors (Lipinski definition) is 1. The Morgan fingerprint density at radius 2 is 1.82 bits per heavy atom. The molecule has 0 saturated carbocycles. The standard InChI is InChI=1S/C17H19NO4/c1-11(2)18-17(20)16-9-8-15(22-16)10-21-14-6-4-13(5-7-14)12(3)19/h4-9,11H,10H2,1-3H3,(H,18,20). The van der Waals surface area contributed by atoms with Gasteiger partial charge in [0.2, 0.25) is 0 Å². The minimum atomic E-state index is -0.243. The summed E-state index contributed by atoms with van der Waals surface area (Å²) in [6, 6.07) is 10.3. The summed E-state index contributed by atoms with van der Waals surface area (Å²) < 4.78 is 11.0. The van der Waals surface area contributed by atoms with Crippen molar-refractivity contribution in [3.05, 3.63) is 53.5 Å². The zero-order valence-electron chi connectivity index (χ0n) is 12.9. The summed E-state index contributed by atoms with van der Waals surface area (Å²) >= 11 is 0. The van der Waals surface area contributed by atoms with Crippen LogP contribution in [0.1, 0.15) is 47.4 Å². The molecule has 2 rings (SSSR count). The van der Waals surface area contributed by atoms with E-state index in [-0.39, 0.29) is 30.1 Å². The number of rotatable bonds is 6. The van der Waals surface area contributed by atoms with Gasteiger partial charge >= 0.3 is 0 Å². The Morgan fingerprint density at radius 1 is 1.14 bits per heavy atom. The summed E-state index contributed by atoms with van der Waals surface area (Å²) in [5, 5.41) is 2.76. The number of carbonyl (C=O) groups excluding carboxylic acids is 2. The molecule has 1 aromatic heterocycles. The van der Waals surface area contributed by atoms with Crippen molar-refractivity contribution in [1.29, 1.82) is 0 Å². The normalized spacial score (nSPS) is 10.5. The monoisotopic (exact) mass is 301 g/mol. The van der Waals surface area contributed by atoms with Crippen LogP contribution in [0.5, 0.6) is 5.75 Å². The molecule has 0 unspecified atom stereocenters. The van der Waals surface area contributed by atoms with E-state index in [2.05, 4.69) is 5.32 Å². The zero-order chi connectivity index (χ0) is 16.1. The highest BCUT2D eigenvalue weighted by Gasteiger charge is 2.12. The van der Waals surface area contributed by atoms with Crippen molar-refractivity contribution >= 4 is 11.7 Å². The average molecular weight is 301 g/mol. The Morgan fingerprint density at radius 3 is 2.41 bits per heavy atom. The van der Waals surface area contributed by atoms with Gasteiger partial charge in [-0.25, -0.2) is 0 Å². The van der Waals surface area contributed by atoms with E-state index in [1.807, 2.05) is 13.8 Å². The minimum Gasteiger partial charge on any atom is -0.486 e. The molecule has 1 heterocycles. The minimum absolute atomic E-state index is 0.0124. The van der Waals surface area contributed by atoms with Gasteiger partial charge in [0.15, 0.2) is 11.5 Å². The number of ether oxygens (including phenoxy) is 1. The van der Waals surface area contributed by atoms with Gasteiger partial charge in [-0.05, 0) is 57.2 Å². The molecule has 5 nitrogen and oxygen atoms in total. The van der Waals surface area contributed by atoms with Crippen LogP contribution >= 0.6 is 0 Å². The van der Waals surface area contributed by atoms with Gasteiger partial charge in [-0.1, -0.05) is 0 Å². The fourth-order valence-electron chi connectivity index (χ4n) is 1.85. The van der Waals surface area contributed by atoms with E-state index in [1.54, 1.807) is 36.4 Å². The first-order valence-corrected chi connectivity index (χ1v) is 7.09. The summed E-state index contributed by atoms with van der Waals surface area (Å²) in [5.41, 5.74) is 0.637. The first kappa shape index (κ1) is 15.8. The molecule has 0 aliphatic heterocycles. The first-order valence-electron chi connectivity index (χ1n) is 7.09. The molecule has 5 heteroatoms. The number of ketones is 1. The molecule has 0 bridgehead atoms. The molecular weight excluding hydrogens is 282 g/mol. The molecule has 0 aliphatic rings. The van der Waals surface area contributed by atoms with Crippen LogP contribution in [0.4, 0.5) is 0 Å². The van der Waals surface area contributed by atoms with Gasteiger partial charge in [-0.15, -0.1) is 0 Å². The second-order valence-corrected chi connectivity index (χ2v) is 5.26. The van der Waals surface area contributed by atoms with E-state index in [1.165, 1.54) is 6.92 Å². The summed E-state index contributed by atoms with van der Waals surface area (Å²) in [6.45, 7) is 5.50. The van der Waals surface area contributed by atoms with Crippen LogP contribution < -0.4 is 10.1 Å². The SMILES string of the molecule is CC(=O)c1ccc(OCc2ccc(C(=O)NC(C)C)o2)cc1. The Bertz CT molecular complexity index is 656. The number of benzene rings is 1. The van der Waals surface area contributed by atoms with Crippen molar-refractivity contribution < 1.29 is 18.7 Å². The van der Waals surface area contributed by atoms with Crippen molar-refractivity contribution in [2.45, 2.75) is 33.4 Å². The van der Waals surface area contributed by atoms with Crippen molar-refractivity contribution in [1.82, 2.24) is 5.32 Å². The maximum atomic E-state index is 11.8. The van der Waals surface area contributed by atoms with Gasteiger partial charge in [0.25, 0.3) is 5.91 Å². The van der Waals surface area contributed by atoms with Gasteiger partial charge in [0, 0.05) is 11.6 Å². The number of hydrogen-bond acceptors (Lipinski definition) is 4. The molecule has 1 N–H and O–H groups in total. The fraction of sp³-hybridized carbons (Fsp3) is 0.294. The van der Waals surface area contributed by atoms with Crippen molar-refractivity contribution in [3.63, 3.8) is 0 Å². The average Bonchev–Trinajstić information content (AvgIpc) is 2.94. The largest absolute Gasteiger partial charge is 0.486 e. The van der Waals surface area contributed by atoms with Crippen LogP contribution in [0.25, 0.3) is 0 Å². The number of furan rings is 1. The third kappa shape index (κ3) is 4.22. The van der Waals surface area contributed by atoms with E-state index < -0.39 is 0 Å². The summed E-state index contributed by atoms with van der Waals surface area (Å²) in [5.74, 6) is 1.23. The highest BCUT2D eigenvalue weighted by atomic mass is 16.5. The summed E-state index contributed by atoms with van der Waals surface area (Å²) in [6.07, 6.45) is 0. The smallest absolute Gasteiger partial charge is 0.287 e. The highest BCUT2D eigenvalue weighted by Crippen LogP contribution is 2.16. The fourth-order valence-corrected chi connectivity index (χ4v) is 1.85. The maximum absolute atomic E-state index is 11.8. The van der Waals surface area contributed by atoms with Crippen molar-refractivity contribution in [2.24, 2.45) is 0 Å². The highest BCUT2D eigenvalue weighted by molar-refractivity contribution is 5.94. The topological polar surface area (TPSA) is 68.5 Å². The number of carbonyl (C=O) groups is 2. The maximum Gasteiger partial charge on any atom is 0.287 e. The first-order chi connectivity index (χ1) is 10.5. The van der Waals surface area contributed by atoms with Crippen LogP contribution in [0, 0.1) is 0 Å². The van der Waals surface area contributed by atoms with Crippen LogP contribution in [0.15, 0.2) is 40.8 Å². The molecule has 0 fully saturated rings. The molecular formula is C17H19NO4. The molecule has 2 aromatic rings. The second-order valence-electron chi connectivity index (χ2n) is 5.26. The number of amides is 1. The molecule has 0 aliphatic carbocycles. The molecule has 1 amide bonds. The van der Waals surface area contributed by atoms with E-state index in [0.29, 0.717) is 17.1 Å². The lowest BCUT2D eigenvalue weighted by atomic mass is 10.1. The molecule has 0 atom stereocenters. The lowest BCUT2D eigenvalue weighted by molar-refractivity contribution is 0.0910. The molecule has 1 aromatic carbocycles. The predicted octanol–water partition coefficient (Wildman–Crippen LogP) is 3.20. The van der Waals surface area contributed by atoms with Crippen LogP contribution in [-0.2, 0) is 6.61 Å². The number of Topliss-reactive ketones (excluding diaryl/α,β-unsaturated/α-hetero) is 1. The quantitative estimate of drug-likeness (QED) is 0.832. The Kier molecular flexibility index (Phi) is 4.99. The van der Waals surface area contributed by atoms with Gasteiger partial charge in [-0.3, -0.25) is 9.59 Å². The third-order valence-electron chi connectivity index (χ3n) is 2.95. The molecule has 0 saturated heterocycles. The van der Waals surface area contributed by atoms with Crippen LogP contribution in [-0.4, -0.2) is 17.7 Å². The van der Waals surface area contributed by atoms with Gasteiger partial charge in [0.1, 0.15) is 18.1 Å². The van der Waals surface area contributed by atoms with E-state index in [0.717, 1.165) is 0 Å². The van der Waals surface area contributed by atoms with Gasteiger partial charge in [-0.2, -0.15) is 0 Å². The van der Waals surface area contributed by atoms with E-state index in [9.17, 15) is 9.59 Å². The molecule has 116 valence electrons. The third-order valence-corrected chi connectivity index (χ3v) is 2.95. The van der Waals surface area contributed by atoms with Crippen molar-refractivity contribution in [2.75, 3.05) is 0 Å². The molecule has 0 radical (unpaired) electrons.